The summed E-state index contributed by atoms with van der Waals surface area (Å²) in [6.07, 6.45) is 6.22. The third kappa shape index (κ3) is 6.93. The highest BCUT2D eigenvalue weighted by Gasteiger charge is 2.24. The summed E-state index contributed by atoms with van der Waals surface area (Å²) in [6, 6.07) is 15.6. The van der Waals surface area contributed by atoms with Crippen LogP contribution >= 0.6 is 23.1 Å². The molecule has 35 heavy (non-hydrogen) atoms. The number of allylic oxidation sites excluding steroid dienone is 2. The van der Waals surface area contributed by atoms with E-state index in [1.165, 1.54) is 0 Å². The van der Waals surface area contributed by atoms with E-state index in [0.717, 1.165) is 30.8 Å². The highest BCUT2D eigenvalue weighted by Crippen LogP contribution is 2.45. The van der Waals surface area contributed by atoms with Gasteiger partial charge in [0.15, 0.2) is 6.54 Å². The van der Waals surface area contributed by atoms with E-state index < -0.39 is 31.7 Å². The molecule has 2 heterocycles. The Morgan fingerprint density at radius 1 is 0.914 bits per heavy atom. The number of para-hydroxylation sites is 2. The van der Waals surface area contributed by atoms with Crippen molar-refractivity contribution in [2.24, 2.45) is 0 Å². The highest BCUT2D eigenvalue weighted by molar-refractivity contribution is 8.03. The van der Waals surface area contributed by atoms with Crippen molar-refractivity contribution in [2.45, 2.75) is 24.3 Å². The molecule has 186 valence electrons. The van der Waals surface area contributed by atoms with Gasteiger partial charge in [-0.3, -0.25) is 0 Å². The van der Waals surface area contributed by atoms with Crippen LogP contribution in [-0.4, -0.2) is 44.0 Å². The maximum atomic E-state index is 11.0. The number of rotatable bonds is 10. The molecule has 0 spiro atoms. The van der Waals surface area contributed by atoms with Crippen molar-refractivity contribution in [2.75, 3.05) is 23.0 Å². The molecule has 12 heteroatoms. The Hall–Kier alpha value is -2.22. The van der Waals surface area contributed by atoms with E-state index in [0.29, 0.717) is 13.1 Å². The largest absolute Gasteiger partial charge is 0.748 e. The Morgan fingerprint density at radius 3 is 2.37 bits per heavy atom. The fourth-order valence-electron chi connectivity index (χ4n) is 3.83. The number of thiazole rings is 1. The molecule has 0 aliphatic carbocycles. The lowest BCUT2D eigenvalue weighted by Gasteiger charge is -2.20. The van der Waals surface area contributed by atoms with E-state index in [1.807, 2.05) is 76.2 Å². The Balaban J connectivity index is 1.57. The first-order valence-electron chi connectivity index (χ1n) is 10.8. The molecule has 3 aromatic rings. The lowest BCUT2D eigenvalue weighted by Crippen LogP contribution is -2.35. The van der Waals surface area contributed by atoms with E-state index in [9.17, 15) is 25.9 Å². The smallest absolute Gasteiger partial charge is 0.262 e. The molecule has 0 unspecified atom stereocenters. The number of aromatic nitrogens is 1. The van der Waals surface area contributed by atoms with Crippen LogP contribution in [0.15, 0.2) is 70.6 Å². The average Bonchev–Trinajstić information content (AvgIpc) is 3.30. The molecule has 0 atom stereocenters. The molecular weight excluding hydrogens is 529 g/mol. The average molecular weight is 552 g/mol. The van der Waals surface area contributed by atoms with Gasteiger partial charge in [0.05, 0.1) is 31.0 Å². The quantitative estimate of drug-likeness (QED) is 0.277. The van der Waals surface area contributed by atoms with Crippen LogP contribution in [0.4, 0.5) is 5.69 Å². The van der Waals surface area contributed by atoms with Crippen LogP contribution in [-0.2, 0) is 26.8 Å². The van der Waals surface area contributed by atoms with E-state index in [-0.39, 0.29) is 12.8 Å². The van der Waals surface area contributed by atoms with Gasteiger partial charge in [-0.25, -0.2) is 16.8 Å². The molecule has 4 rings (SSSR count). The van der Waals surface area contributed by atoms with Crippen molar-refractivity contribution in [1.82, 2.24) is 0 Å². The maximum absolute atomic E-state index is 11.0. The van der Waals surface area contributed by atoms with Crippen LogP contribution in [0.1, 0.15) is 17.8 Å². The van der Waals surface area contributed by atoms with E-state index in [4.69, 9.17) is 0 Å². The second kappa shape index (κ2) is 10.8. The summed E-state index contributed by atoms with van der Waals surface area (Å²) in [5, 5.41) is 1.83. The first-order chi connectivity index (χ1) is 16.6. The number of anilines is 1. The molecule has 0 bridgehead atoms. The second-order valence-electron chi connectivity index (χ2n) is 7.88. The Kier molecular flexibility index (Phi) is 7.99. The molecule has 1 aliphatic heterocycles. The Morgan fingerprint density at radius 2 is 1.60 bits per heavy atom. The zero-order valence-electron chi connectivity index (χ0n) is 18.6. The van der Waals surface area contributed by atoms with Crippen molar-refractivity contribution in [3.63, 3.8) is 0 Å². The zero-order valence-corrected chi connectivity index (χ0v) is 21.8. The summed E-state index contributed by atoms with van der Waals surface area (Å²) in [6.45, 7) is 0.801. The normalized spacial score (nSPS) is 15.5. The van der Waals surface area contributed by atoms with E-state index >= 15 is 0 Å². The molecule has 0 amide bonds. The minimum Gasteiger partial charge on any atom is -0.748 e. The highest BCUT2D eigenvalue weighted by atomic mass is 32.2. The van der Waals surface area contributed by atoms with E-state index in [1.54, 1.807) is 23.1 Å². The molecule has 1 aromatic heterocycles. The van der Waals surface area contributed by atoms with Crippen LogP contribution < -0.4 is 9.47 Å². The van der Waals surface area contributed by atoms with Crippen molar-refractivity contribution < 1.29 is 30.5 Å². The number of hydrogen-bond acceptors (Lipinski definition) is 9. The fourth-order valence-corrected chi connectivity index (χ4v) is 6.99. The molecule has 2 aromatic carbocycles. The molecule has 1 aliphatic rings. The van der Waals surface area contributed by atoms with Crippen molar-refractivity contribution >= 4 is 65.3 Å². The number of nitrogens with zero attached hydrogens (tertiary/aromatic N) is 2. The molecule has 8 nitrogen and oxygen atoms in total. The van der Waals surface area contributed by atoms with Crippen LogP contribution in [0.5, 0.6) is 0 Å². The first-order valence-corrected chi connectivity index (χ1v) is 15.6. The van der Waals surface area contributed by atoms with Crippen molar-refractivity contribution in [3.8, 4) is 0 Å². The summed E-state index contributed by atoms with van der Waals surface area (Å²) in [5.41, 5.74) is 1.94. The van der Waals surface area contributed by atoms with Gasteiger partial charge in [0.25, 0.3) is 5.01 Å². The third-order valence-corrected chi connectivity index (χ3v) is 9.14. The number of hydrogen-bond donors (Lipinski definition) is 0. The van der Waals surface area contributed by atoms with E-state index in [2.05, 4.69) is 0 Å². The third-order valence-electron chi connectivity index (χ3n) is 5.30. The molecular formula is C23H23N2O6S4-. The maximum Gasteiger partial charge on any atom is 0.262 e. The number of benzene rings is 2. The van der Waals surface area contributed by atoms with Gasteiger partial charge >= 0.3 is 0 Å². The van der Waals surface area contributed by atoms with Gasteiger partial charge in [0.2, 0.25) is 5.52 Å². The monoisotopic (exact) mass is 551 g/mol. The van der Waals surface area contributed by atoms with Crippen LogP contribution in [0, 0.1) is 0 Å². The zero-order chi connectivity index (χ0) is 25.1. The summed E-state index contributed by atoms with van der Waals surface area (Å²) in [5.74, 6) is -0.833. The van der Waals surface area contributed by atoms with Gasteiger partial charge in [-0.2, -0.15) is 4.57 Å². The predicted octanol–water partition coefficient (Wildman–Crippen LogP) is 3.53. The minimum atomic E-state index is -4.27. The van der Waals surface area contributed by atoms with Crippen LogP contribution in [0.2, 0.25) is 0 Å². The van der Waals surface area contributed by atoms with Gasteiger partial charge in [-0.05, 0) is 30.7 Å². The second-order valence-corrected chi connectivity index (χ2v) is 13.0. The van der Waals surface area contributed by atoms with Crippen molar-refractivity contribution in [1.29, 1.82) is 0 Å². The summed E-state index contributed by atoms with van der Waals surface area (Å²) in [7, 11) is -8.55. The Labute approximate surface area is 213 Å². The summed E-state index contributed by atoms with van der Waals surface area (Å²) in [4.78, 5) is 3.06. The lowest BCUT2D eigenvalue weighted by molar-refractivity contribution is -0.668. The molecule has 0 N–H and O–H groups in total. The number of thioether (sulfide) groups is 1. The number of fused-ring (bicyclic) bond motifs is 2. The SMILES string of the molecule is O=S(=O)([O-])CCCN1/C(=C/C=C/c2sc3ccccc3[n+]2CCCS(=O)(=O)[O-])Sc2ccccc21. The molecule has 0 radical (unpaired) electrons. The summed E-state index contributed by atoms with van der Waals surface area (Å²) < 4.78 is 69.3. The lowest BCUT2D eigenvalue weighted by atomic mass is 10.3. The molecule has 0 fully saturated rings. The van der Waals surface area contributed by atoms with Crippen LogP contribution in [0.3, 0.4) is 0 Å². The predicted molar refractivity (Wildman–Crippen MR) is 137 cm³/mol. The van der Waals surface area contributed by atoms with Gasteiger partial charge in [0, 0.05) is 41.5 Å². The van der Waals surface area contributed by atoms with Gasteiger partial charge in [-0.1, -0.05) is 53.4 Å². The van der Waals surface area contributed by atoms with Crippen LogP contribution in [0.25, 0.3) is 16.3 Å². The molecule has 0 saturated carbocycles. The topological polar surface area (TPSA) is 122 Å². The minimum absolute atomic E-state index is 0.223. The molecule has 0 saturated heterocycles. The van der Waals surface area contributed by atoms with Crippen molar-refractivity contribution in [3.05, 3.63) is 70.7 Å². The fraction of sp³-hybridized carbons (Fsp3) is 0.261. The first kappa shape index (κ1) is 25.9. The summed E-state index contributed by atoms with van der Waals surface area (Å²) >= 11 is 3.13. The van der Waals surface area contributed by atoms with Gasteiger partial charge in [0.1, 0.15) is 4.70 Å². The van der Waals surface area contributed by atoms with Gasteiger partial charge < -0.3 is 14.0 Å². The number of aryl methyl sites for hydroxylation is 1. The van der Waals surface area contributed by atoms with Gasteiger partial charge in [-0.15, -0.1) is 0 Å². The standard InChI is InChI=1S/C23H24N2O6S4/c26-34(27,28)16-6-14-24-18-8-1-3-10-20(18)32-22(24)12-5-13-23-25(15-7-17-35(29,30)31)19-9-2-4-11-21(19)33-23/h1-5,8-13H,6-7,14-17H2,(H-,26,27,28,29,30,31)/p-1. The Bertz CT molecular complexity index is 1490.